The highest BCUT2D eigenvalue weighted by molar-refractivity contribution is 6.30. The number of carbonyl (C=O) groups is 2. The van der Waals surface area contributed by atoms with Crippen LogP contribution in [0.1, 0.15) is 20.8 Å². The molecule has 1 rings (SSSR count). The Balaban J connectivity index is 2.42. The van der Waals surface area contributed by atoms with Crippen LogP contribution in [0.25, 0.3) is 0 Å². The number of carbonyl (C=O) groups excluding carboxylic acids is 2. The van der Waals surface area contributed by atoms with Crippen molar-refractivity contribution < 1.29 is 9.59 Å². The van der Waals surface area contributed by atoms with Gasteiger partial charge in [0.2, 0.25) is 11.8 Å². The molecule has 1 aromatic carbocycles. The van der Waals surface area contributed by atoms with Gasteiger partial charge in [0.1, 0.15) is 0 Å². The fourth-order valence-electron chi connectivity index (χ4n) is 1.77. The number of anilines is 1. The number of nitrogens with zero attached hydrogens (tertiary/aromatic N) is 1. The largest absolute Gasteiger partial charge is 0.350 e. The van der Waals surface area contributed by atoms with Gasteiger partial charge in [-0.2, -0.15) is 0 Å². The number of hydrogen-bond donors (Lipinski definition) is 2. The van der Waals surface area contributed by atoms with Crippen molar-refractivity contribution in [3.8, 4) is 0 Å². The Morgan fingerprint density at radius 2 is 1.81 bits per heavy atom. The molecular formula is C15H22ClN3O2. The minimum atomic E-state index is -0.277. The Hall–Kier alpha value is -1.59. The number of amides is 2. The van der Waals surface area contributed by atoms with Gasteiger partial charge in [-0.3, -0.25) is 14.5 Å². The van der Waals surface area contributed by atoms with Crippen LogP contribution in [-0.4, -0.2) is 42.4 Å². The highest BCUT2D eigenvalue weighted by Crippen LogP contribution is 2.14. The van der Waals surface area contributed by atoms with Crippen LogP contribution >= 0.6 is 11.6 Å². The van der Waals surface area contributed by atoms with Gasteiger partial charge in [0.25, 0.3) is 0 Å². The molecule has 0 radical (unpaired) electrons. The van der Waals surface area contributed by atoms with Gasteiger partial charge in [-0.1, -0.05) is 17.7 Å². The van der Waals surface area contributed by atoms with Gasteiger partial charge in [0.05, 0.1) is 13.1 Å². The van der Waals surface area contributed by atoms with Crippen LogP contribution in [0.3, 0.4) is 0 Å². The van der Waals surface area contributed by atoms with E-state index < -0.39 is 0 Å². The first-order chi connectivity index (χ1) is 9.65. The maximum atomic E-state index is 11.9. The number of nitrogens with one attached hydrogen (secondary N) is 2. The topological polar surface area (TPSA) is 61.4 Å². The molecule has 5 nitrogen and oxygen atoms in total. The highest BCUT2D eigenvalue weighted by atomic mass is 35.5. The lowest BCUT2D eigenvalue weighted by atomic mass is 10.1. The monoisotopic (exact) mass is 311 g/mol. The van der Waals surface area contributed by atoms with E-state index in [-0.39, 0.29) is 30.4 Å². The van der Waals surface area contributed by atoms with E-state index in [9.17, 15) is 9.59 Å². The van der Waals surface area contributed by atoms with Gasteiger partial charge < -0.3 is 10.6 Å². The molecular weight excluding hydrogens is 290 g/mol. The van der Waals surface area contributed by atoms with Gasteiger partial charge in [0.15, 0.2) is 0 Å². The average molecular weight is 312 g/mol. The first-order valence-corrected chi connectivity index (χ1v) is 7.08. The molecule has 0 aliphatic heterocycles. The molecule has 0 unspecified atom stereocenters. The molecule has 0 saturated heterocycles. The van der Waals surface area contributed by atoms with Crippen LogP contribution in [0, 0.1) is 0 Å². The SMILES string of the molecule is CN(CC(=O)Nc1cccc(Cl)c1)CC(=O)NC(C)(C)C. The van der Waals surface area contributed by atoms with Crippen LogP contribution in [0.15, 0.2) is 24.3 Å². The predicted molar refractivity (Wildman–Crippen MR) is 85.5 cm³/mol. The van der Waals surface area contributed by atoms with Crippen LogP contribution in [0.4, 0.5) is 5.69 Å². The zero-order valence-corrected chi connectivity index (χ0v) is 13.6. The standard InChI is InChI=1S/C15H22ClN3O2/c1-15(2,3)18-14(21)10-19(4)9-13(20)17-12-7-5-6-11(16)8-12/h5-8H,9-10H2,1-4H3,(H,17,20)(H,18,21). The van der Waals surface area contributed by atoms with Crippen molar-refractivity contribution in [2.24, 2.45) is 0 Å². The number of hydrogen-bond acceptors (Lipinski definition) is 3. The Morgan fingerprint density at radius 1 is 1.19 bits per heavy atom. The summed E-state index contributed by atoms with van der Waals surface area (Å²) in [5, 5.41) is 6.15. The lowest BCUT2D eigenvalue weighted by Gasteiger charge is -2.23. The molecule has 0 bridgehead atoms. The quantitative estimate of drug-likeness (QED) is 0.875. The maximum Gasteiger partial charge on any atom is 0.238 e. The van der Waals surface area contributed by atoms with Crippen LogP contribution in [0.2, 0.25) is 5.02 Å². The van der Waals surface area contributed by atoms with Crippen molar-refractivity contribution in [3.05, 3.63) is 29.3 Å². The number of halogens is 1. The first-order valence-electron chi connectivity index (χ1n) is 6.71. The van der Waals surface area contributed by atoms with Crippen molar-refractivity contribution in [1.82, 2.24) is 10.2 Å². The van der Waals surface area contributed by atoms with E-state index in [2.05, 4.69) is 10.6 Å². The molecule has 0 aliphatic carbocycles. The second-order valence-corrected chi connectivity index (χ2v) is 6.47. The van der Waals surface area contributed by atoms with Crippen LogP contribution < -0.4 is 10.6 Å². The van der Waals surface area contributed by atoms with E-state index in [0.717, 1.165) is 0 Å². The second kappa shape index (κ2) is 7.43. The Morgan fingerprint density at radius 3 is 2.38 bits per heavy atom. The lowest BCUT2D eigenvalue weighted by Crippen LogP contribution is -2.46. The normalized spacial score (nSPS) is 11.3. The summed E-state index contributed by atoms with van der Waals surface area (Å²) in [5.74, 6) is -0.302. The highest BCUT2D eigenvalue weighted by Gasteiger charge is 2.16. The maximum absolute atomic E-state index is 11.9. The molecule has 0 spiro atoms. The third kappa shape index (κ3) is 7.68. The fraction of sp³-hybridized carbons (Fsp3) is 0.467. The third-order valence-electron chi connectivity index (χ3n) is 2.45. The first kappa shape index (κ1) is 17.5. The molecule has 0 fully saturated rings. The molecule has 2 N–H and O–H groups in total. The van der Waals surface area contributed by atoms with E-state index in [1.54, 1.807) is 36.2 Å². The second-order valence-electron chi connectivity index (χ2n) is 6.03. The van der Waals surface area contributed by atoms with Crippen molar-refractivity contribution in [1.29, 1.82) is 0 Å². The molecule has 0 aliphatic rings. The third-order valence-corrected chi connectivity index (χ3v) is 2.68. The summed E-state index contributed by atoms with van der Waals surface area (Å²) in [6.07, 6.45) is 0. The fourth-order valence-corrected chi connectivity index (χ4v) is 1.96. The summed E-state index contributed by atoms with van der Waals surface area (Å²) in [6, 6.07) is 6.93. The van der Waals surface area contributed by atoms with E-state index in [4.69, 9.17) is 11.6 Å². The number of rotatable bonds is 5. The molecule has 2 amide bonds. The van der Waals surface area contributed by atoms with Crippen molar-refractivity contribution in [2.75, 3.05) is 25.5 Å². The molecule has 1 aromatic rings. The van der Waals surface area contributed by atoms with Crippen LogP contribution in [0.5, 0.6) is 0 Å². The van der Waals surface area contributed by atoms with E-state index in [1.165, 1.54) is 0 Å². The van der Waals surface area contributed by atoms with E-state index in [1.807, 2.05) is 20.8 Å². The molecule has 0 heterocycles. The van der Waals surface area contributed by atoms with E-state index >= 15 is 0 Å². The molecule has 0 saturated carbocycles. The van der Waals surface area contributed by atoms with Gasteiger partial charge in [-0.05, 0) is 46.0 Å². The molecule has 6 heteroatoms. The smallest absolute Gasteiger partial charge is 0.238 e. The summed E-state index contributed by atoms with van der Waals surface area (Å²) in [4.78, 5) is 25.3. The minimum absolute atomic E-state index is 0.111. The van der Waals surface area contributed by atoms with Crippen molar-refractivity contribution >= 4 is 29.1 Å². The summed E-state index contributed by atoms with van der Waals surface area (Å²) >= 11 is 5.85. The zero-order chi connectivity index (χ0) is 16.0. The predicted octanol–water partition coefficient (Wildman–Crippen LogP) is 2.12. The van der Waals surface area contributed by atoms with E-state index in [0.29, 0.717) is 10.7 Å². The molecule has 0 aromatic heterocycles. The van der Waals surface area contributed by atoms with Gasteiger partial charge in [-0.15, -0.1) is 0 Å². The number of benzene rings is 1. The molecule has 21 heavy (non-hydrogen) atoms. The Kier molecular flexibility index (Phi) is 6.18. The molecule has 0 atom stereocenters. The average Bonchev–Trinajstić information content (AvgIpc) is 2.24. The Labute approximate surface area is 130 Å². The van der Waals surface area contributed by atoms with Gasteiger partial charge in [0, 0.05) is 16.2 Å². The summed E-state index contributed by atoms with van der Waals surface area (Å²) < 4.78 is 0. The number of likely N-dealkylation sites (N-methyl/N-ethyl adjacent to an activating group) is 1. The minimum Gasteiger partial charge on any atom is -0.350 e. The van der Waals surface area contributed by atoms with Gasteiger partial charge >= 0.3 is 0 Å². The van der Waals surface area contributed by atoms with Crippen molar-refractivity contribution in [2.45, 2.75) is 26.3 Å². The summed E-state index contributed by atoms with van der Waals surface area (Å²) in [6.45, 7) is 6.04. The van der Waals surface area contributed by atoms with Gasteiger partial charge in [-0.25, -0.2) is 0 Å². The van der Waals surface area contributed by atoms with Crippen molar-refractivity contribution in [3.63, 3.8) is 0 Å². The summed E-state index contributed by atoms with van der Waals surface area (Å²) in [5.41, 5.74) is 0.362. The summed E-state index contributed by atoms with van der Waals surface area (Å²) in [7, 11) is 1.72. The Bertz CT molecular complexity index is 512. The lowest BCUT2D eigenvalue weighted by molar-refractivity contribution is -0.124. The molecule has 116 valence electrons. The zero-order valence-electron chi connectivity index (χ0n) is 12.9. The van der Waals surface area contributed by atoms with Crippen LogP contribution in [-0.2, 0) is 9.59 Å².